The van der Waals surface area contributed by atoms with Crippen molar-refractivity contribution >= 4 is 11.6 Å². The molecule has 0 spiro atoms. The molecule has 1 N–H and O–H groups in total. The zero-order valence-electron chi connectivity index (χ0n) is 18.0. The largest absolute Gasteiger partial charge is 0.489 e. The number of halogens is 2. The van der Waals surface area contributed by atoms with Crippen molar-refractivity contribution in [3.8, 4) is 5.75 Å². The van der Waals surface area contributed by atoms with E-state index in [0.29, 0.717) is 23.7 Å². The molecular formula is C24H25F2N3O3. The maximum Gasteiger partial charge on any atom is 0.228 e. The predicted molar refractivity (Wildman–Crippen MR) is 115 cm³/mol. The van der Waals surface area contributed by atoms with Crippen LogP contribution in [0.2, 0.25) is 0 Å². The molecule has 1 saturated carbocycles. The lowest BCUT2D eigenvalue weighted by Crippen LogP contribution is -2.29. The zero-order valence-corrected chi connectivity index (χ0v) is 18.0. The number of aryl methyl sites for hydroxylation is 1. The van der Waals surface area contributed by atoms with Crippen LogP contribution in [0.4, 0.5) is 14.5 Å². The fourth-order valence-electron chi connectivity index (χ4n) is 4.25. The monoisotopic (exact) mass is 441 g/mol. The van der Waals surface area contributed by atoms with Crippen LogP contribution in [0.3, 0.4) is 0 Å². The van der Waals surface area contributed by atoms with Crippen molar-refractivity contribution in [2.75, 3.05) is 19.0 Å². The normalized spacial score (nSPS) is 23.8. The lowest BCUT2D eigenvalue weighted by atomic mass is 9.82. The summed E-state index contributed by atoms with van der Waals surface area (Å²) in [6, 6.07) is 3.00. The van der Waals surface area contributed by atoms with Gasteiger partial charge in [-0.3, -0.25) is 4.79 Å². The molecule has 1 aromatic heterocycles. The molecular weight excluding hydrogens is 416 g/mol. The smallest absolute Gasteiger partial charge is 0.228 e. The van der Waals surface area contributed by atoms with Gasteiger partial charge >= 0.3 is 0 Å². The number of allylic oxidation sites excluding steroid dienone is 4. The summed E-state index contributed by atoms with van der Waals surface area (Å²) in [5.41, 5.74) is 0.00696. The molecule has 0 aliphatic heterocycles. The van der Waals surface area contributed by atoms with Gasteiger partial charge in [-0.1, -0.05) is 24.3 Å². The van der Waals surface area contributed by atoms with Crippen LogP contribution in [0.25, 0.3) is 0 Å². The fourth-order valence-corrected chi connectivity index (χ4v) is 4.25. The van der Waals surface area contributed by atoms with Crippen molar-refractivity contribution in [2.45, 2.75) is 26.4 Å². The summed E-state index contributed by atoms with van der Waals surface area (Å²) >= 11 is 0. The van der Waals surface area contributed by atoms with Crippen LogP contribution < -0.4 is 10.1 Å². The van der Waals surface area contributed by atoms with E-state index < -0.39 is 23.0 Å². The first-order valence-corrected chi connectivity index (χ1v) is 10.5. The zero-order chi connectivity index (χ0) is 22.7. The lowest BCUT2D eigenvalue weighted by Gasteiger charge is -2.27. The van der Waals surface area contributed by atoms with Gasteiger partial charge in [-0.05, 0) is 37.8 Å². The molecule has 168 valence electrons. The van der Waals surface area contributed by atoms with Crippen molar-refractivity contribution in [2.24, 2.45) is 17.3 Å². The molecule has 0 radical (unpaired) electrons. The third kappa shape index (κ3) is 4.55. The molecule has 0 saturated heterocycles. The number of ether oxygens (including phenoxy) is 2. The summed E-state index contributed by atoms with van der Waals surface area (Å²) in [5, 5.41) is 2.55. The van der Waals surface area contributed by atoms with E-state index in [1.165, 1.54) is 0 Å². The number of amides is 1. The van der Waals surface area contributed by atoms with Gasteiger partial charge in [-0.15, -0.1) is 0 Å². The highest BCUT2D eigenvalue weighted by Crippen LogP contribution is 2.60. The fraction of sp³-hybridized carbons (Fsp3) is 0.375. The Morgan fingerprint density at radius 2 is 2.16 bits per heavy atom. The number of hydrogen-bond donors (Lipinski definition) is 1. The molecule has 2 aromatic rings. The molecule has 1 fully saturated rings. The van der Waals surface area contributed by atoms with Crippen LogP contribution in [0.1, 0.15) is 24.4 Å². The Morgan fingerprint density at radius 1 is 1.31 bits per heavy atom. The van der Waals surface area contributed by atoms with Gasteiger partial charge in [0.2, 0.25) is 5.91 Å². The summed E-state index contributed by atoms with van der Waals surface area (Å²) in [7, 11) is 1.58. The van der Waals surface area contributed by atoms with Gasteiger partial charge in [0, 0.05) is 24.5 Å². The first kappa shape index (κ1) is 22.1. The molecule has 0 bridgehead atoms. The third-order valence-corrected chi connectivity index (χ3v) is 6.07. The number of anilines is 1. The van der Waals surface area contributed by atoms with E-state index in [9.17, 15) is 13.6 Å². The Morgan fingerprint density at radius 3 is 2.91 bits per heavy atom. The number of aromatic nitrogens is 2. The summed E-state index contributed by atoms with van der Waals surface area (Å²) in [5.74, 6) is -0.837. The molecule has 32 heavy (non-hydrogen) atoms. The van der Waals surface area contributed by atoms with Crippen LogP contribution in [0.5, 0.6) is 5.75 Å². The molecule has 1 heterocycles. The first-order chi connectivity index (χ1) is 15.4. The number of nitrogens with one attached hydrogen (secondary N) is 1. The van der Waals surface area contributed by atoms with Gasteiger partial charge < -0.3 is 14.8 Å². The van der Waals surface area contributed by atoms with E-state index in [1.54, 1.807) is 20.2 Å². The highest BCUT2D eigenvalue weighted by Gasteiger charge is 2.62. The Labute approximate surface area is 185 Å². The van der Waals surface area contributed by atoms with E-state index in [-0.39, 0.29) is 30.7 Å². The van der Waals surface area contributed by atoms with Gasteiger partial charge in [0.1, 0.15) is 23.2 Å². The average molecular weight is 441 g/mol. The molecule has 1 amide bonds. The van der Waals surface area contributed by atoms with E-state index in [4.69, 9.17) is 9.47 Å². The van der Waals surface area contributed by atoms with E-state index >= 15 is 0 Å². The average Bonchev–Trinajstić information content (AvgIpc) is 3.53. The Kier molecular flexibility index (Phi) is 6.32. The number of rotatable bonds is 8. The van der Waals surface area contributed by atoms with Crippen molar-refractivity contribution < 1.29 is 23.0 Å². The second-order valence-electron chi connectivity index (χ2n) is 8.21. The van der Waals surface area contributed by atoms with Gasteiger partial charge in [-0.2, -0.15) is 0 Å². The van der Waals surface area contributed by atoms with E-state index in [2.05, 4.69) is 27.4 Å². The number of nitrogens with zero attached hydrogens (tertiary/aromatic N) is 2. The standard InChI is InChI=1S/C24H25F2N3O3/c1-15-27-12-22(21(28-15)13-31-2)32-14-24(16-6-4-3-5-7-16)11-18(24)23(30)29-20-10-17(25)8-9-19(20)26/h3-6,8-10,12,16,18H,7,11,13-14H2,1-2H3,(H,29,30)/t16?,18-,24+/m0/s1. The number of hydrogen-bond acceptors (Lipinski definition) is 5. The van der Waals surface area contributed by atoms with Crippen molar-refractivity contribution in [1.82, 2.24) is 9.97 Å². The molecule has 8 heteroatoms. The minimum absolute atomic E-state index is 0.0813. The first-order valence-electron chi connectivity index (χ1n) is 10.5. The van der Waals surface area contributed by atoms with Crippen molar-refractivity contribution in [1.29, 1.82) is 0 Å². The second kappa shape index (κ2) is 9.16. The van der Waals surface area contributed by atoms with Gasteiger partial charge in [0.25, 0.3) is 0 Å². The summed E-state index contributed by atoms with van der Waals surface area (Å²) in [4.78, 5) is 21.6. The minimum atomic E-state index is -0.677. The maximum atomic E-state index is 14.0. The molecule has 6 nitrogen and oxygen atoms in total. The van der Waals surface area contributed by atoms with Crippen LogP contribution in [0.15, 0.2) is 48.7 Å². The quantitative estimate of drug-likeness (QED) is 0.659. The molecule has 2 aliphatic carbocycles. The molecule has 1 aromatic carbocycles. The molecule has 1 unspecified atom stereocenters. The van der Waals surface area contributed by atoms with Gasteiger partial charge in [-0.25, -0.2) is 18.7 Å². The topological polar surface area (TPSA) is 73.3 Å². The van der Waals surface area contributed by atoms with E-state index in [1.807, 2.05) is 12.2 Å². The van der Waals surface area contributed by atoms with Crippen LogP contribution in [0, 0.1) is 35.8 Å². The van der Waals surface area contributed by atoms with E-state index in [0.717, 1.165) is 24.6 Å². The summed E-state index contributed by atoms with van der Waals surface area (Å²) in [6.45, 7) is 2.33. The third-order valence-electron chi connectivity index (χ3n) is 6.07. The summed E-state index contributed by atoms with van der Waals surface area (Å²) < 4.78 is 38.9. The van der Waals surface area contributed by atoms with Crippen molar-refractivity contribution in [3.05, 3.63) is 71.9 Å². The number of carbonyl (C=O) groups excluding carboxylic acids is 1. The summed E-state index contributed by atoms with van der Waals surface area (Å²) in [6.07, 6.45) is 11.0. The highest BCUT2D eigenvalue weighted by molar-refractivity contribution is 5.95. The molecule has 4 rings (SSSR count). The molecule has 2 aliphatic rings. The van der Waals surface area contributed by atoms with Crippen LogP contribution in [-0.4, -0.2) is 29.6 Å². The predicted octanol–water partition coefficient (Wildman–Crippen LogP) is 4.37. The maximum absolute atomic E-state index is 14.0. The SMILES string of the molecule is COCc1nc(C)ncc1OC[C@@]1(C2C=CC=CC2)C[C@H]1C(=O)Nc1cc(F)ccc1F. The number of methoxy groups -OCH3 is 1. The number of carbonyl (C=O) groups is 1. The number of benzene rings is 1. The van der Waals surface area contributed by atoms with Gasteiger partial charge in [0.05, 0.1) is 25.1 Å². The van der Waals surface area contributed by atoms with Crippen molar-refractivity contribution in [3.63, 3.8) is 0 Å². The highest BCUT2D eigenvalue weighted by atomic mass is 19.1. The minimum Gasteiger partial charge on any atom is -0.489 e. The van der Waals surface area contributed by atoms with Crippen LogP contribution >= 0.6 is 0 Å². The Balaban J connectivity index is 1.53. The second-order valence-corrected chi connectivity index (χ2v) is 8.21. The molecule has 3 atom stereocenters. The van der Waals surface area contributed by atoms with Gasteiger partial charge in [0.15, 0.2) is 5.75 Å². The lowest BCUT2D eigenvalue weighted by molar-refractivity contribution is -0.118. The van der Waals surface area contributed by atoms with Crippen LogP contribution in [-0.2, 0) is 16.1 Å². The Hall–Kier alpha value is -3.13. The Bertz CT molecular complexity index is 1070.